The molecule has 20 heavy (non-hydrogen) atoms. The van der Waals surface area contributed by atoms with Gasteiger partial charge in [-0.2, -0.15) is 0 Å². The Bertz CT molecular complexity index is 554. The lowest BCUT2D eigenvalue weighted by molar-refractivity contribution is -0.145. The summed E-state index contributed by atoms with van der Waals surface area (Å²) in [6.07, 6.45) is -0.273. The lowest BCUT2D eigenvalue weighted by atomic mass is 10.3. The summed E-state index contributed by atoms with van der Waals surface area (Å²) in [5.41, 5.74) is 0.466. The van der Waals surface area contributed by atoms with Gasteiger partial charge in [-0.3, -0.25) is 9.10 Å². The minimum atomic E-state index is -3.53. The molecule has 0 aliphatic heterocycles. The molecule has 0 heterocycles. The molecule has 0 bridgehead atoms. The van der Waals surface area contributed by atoms with Crippen LogP contribution in [0, 0.1) is 3.57 Å². The van der Waals surface area contributed by atoms with Crippen LogP contribution in [0.1, 0.15) is 20.8 Å². The van der Waals surface area contributed by atoms with Crippen molar-refractivity contribution in [3.8, 4) is 0 Å². The molecule has 0 atom stereocenters. The molecule has 0 saturated heterocycles. The molecular weight excluding hydrogens is 393 g/mol. The Morgan fingerprint density at radius 3 is 2.30 bits per heavy atom. The van der Waals surface area contributed by atoms with Gasteiger partial charge < -0.3 is 4.74 Å². The highest BCUT2D eigenvalue weighted by Gasteiger charge is 2.24. The largest absolute Gasteiger partial charge is 0.462 e. The quantitative estimate of drug-likeness (QED) is 0.533. The first-order valence-corrected chi connectivity index (χ1v) is 8.90. The summed E-state index contributed by atoms with van der Waals surface area (Å²) in [6.45, 7) is 4.68. The van der Waals surface area contributed by atoms with Gasteiger partial charge in [0.15, 0.2) is 0 Å². The molecular formula is C13H18INO4S. The highest BCUT2D eigenvalue weighted by Crippen LogP contribution is 2.20. The average molecular weight is 411 g/mol. The topological polar surface area (TPSA) is 63.7 Å². The fraction of sp³-hybridized carbons (Fsp3) is 0.462. The van der Waals surface area contributed by atoms with E-state index in [0.717, 1.165) is 7.88 Å². The van der Waals surface area contributed by atoms with Crippen molar-refractivity contribution in [3.05, 3.63) is 27.8 Å². The molecule has 5 nitrogen and oxygen atoms in total. The highest BCUT2D eigenvalue weighted by atomic mass is 127. The number of carbonyl (C=O) groups excluding carboxylic acids is 1. The van der Waals surface area contributed by atoms with Crippen LogP contribution in [-0.4, -0.2) is 32.8 Å². The summed E-state index contributed by atoms with van der Waals surface area (Å²) in [5.74, 6) is -0.635. The van der Waals surface area contributed by atoms with Gasteiger partial charge in [-0.15, -0.1) is 0 Å². The van der Waals surface area contributed by atoms with Crippen molar-refractivity contribution < 1.29 is 17.9 Å². The molecule has 0 N–H and O–H groups in total. The lowest BCUT2D eigenvalue weighted by Gasteiger charge is -2.23. The normalized spacial score (nSPS) is 11.4. The Morgan fingerprint density at radius 1 is 1.30 bits per heavy atom. The number of benzene rings is 1. The van der Waals surface area contributed by atoms with Crippen molar-refractivity contribution in [1.82, 2.24) is 0 Å². The summed E-state index contributed by atoms with van der Waals surface area (Å²) in [6, 6.07) is 6.94. The third-order valence-electron chi connectivity index (χ3n) is 2.46. The van der Waals surface area contributed by atoms with Crippen LogP contribution in [0.4, 0.5) is 5.69 Å². The van der Waals surface area contributed by atoms with Gasteiger partial charge in [-0.25, -0.2) is 8.42 Å². The SMILES string of the molecule is CCS(=O)(=O)N(CC(=O)OC(C)C)c1ccc(I)cc1. The van der Waals surface area contributed by atoms with Gasteiger partial charge in [0.25, 0.3) is 0 Å². The number of rotatable bonds is 6. The second-order valence-corrected chi connectivity index (χ2v) is 7.85. The molecule has 7 heteroatoms. The minimum absolute atomic E-state index is 0.0755. The van der Waals surface area contributed by atoms with E-state index in [9.17, 15) is 13.2 Å². The molecule has 0 aliphatic rings. The predicted octanol–water partition coefficient (Wildman–Crippen LogP) is 2.40. The fourth-order valence-electron chi connectivity index (χ4n) is 1.53. The van der Waals surface area contributed by atoms with Gasteiger partial charge in [0, 0.05) is 3.57 Å². The van der Waals surface area contributed by atoms with Crippen molar-refractivity contribution in [2.24, 2.45) is 0 Å². The van der Waals surface area contributed by atoms with E-state index in [4.69, 9.17) is 4.74 Å². The van der Waals surface area contributed by atoms with E-state index in [2.05, 4.69) is 22.6 Å². The van der Waals surface area contributed by atoms with Crippen LogP contribution in [-0.2, 0) is 19.6 Å². The molecule has 1 aromatic carbocycles. The van der Waals surface area contributed by atoms with Crippen LogP contribution in [0.3, 0.4) is 0 Å². The number of anilines is 1. The summed E-state index contributed by atoms with van der Waals surface area (Å²) < 4.78 is 31.3. The molecule has 0 fully saturated rings. The monoisotopic (exact) mass is 411 g/mol. The Hall–Kier alpha value is -0.830. The molecule has 0 saturated carbocycles. The second-order valence-electron chi connectivity index (χ2n) is 4.42. The molecule has 112 valence electrons. The Balaban J connectivity index is 3.04. The maximum Gasteiger partial charge on any atom is 0.327 e. The third kappa shape index (κ3) is 4.93. The zero-order valence-corrected chi connectivity index (χ0v) is 14.6. The van der Waals surface area contributed by atoms with Crippen molar-refractivity contribution in [1.29, 1.82) is 0 Å². The van der Waals surface area contributed by atoms with Gasteiger partial charge in [-0.05, 0) is 67.6 Å². The number of carbonyl (C=O) groups is 1. The van der Waals surface area contributed by atoms with E-state index in [-0.39, 0.29) is 18.4 Å². The van der Waals surface area contributed by atoms with E-state index in [1.807, 2.05) is 0 Å². The van der Waals surface area contributed by atoms with Crippen molar-refractivity contribution >= 4 is 44.3 Å². The van der Waals surface area contributed by atoms with Crippen molar-refractivity contribution in [2.45, 2.75) is 26.9 Å². The lowest BCUT2D eigenvalue weighted by Crippen LogP contribution is -2.38. The van der Waals surface area contributed by atoms with Gasteiger partial charge in [0.05, 0.1) is 17.5 Å². The molecule has 0 amide bonds. The number of nitrogens with zero attached hydrogens (tertiary/aromatic N) is 1. The molecule has 0 unspecified atom stereocenters. The van der Waals surface area contributed by atoms with Crippen molar-refractivity contribution in [3.63, 3.8) is 0 Å². The van der Waals surface area contributed by atoms with Gasteiger partial charge in [0.2, 0.25) is 10.0 Å². The minimum Gasteiger partial charge on any atom is -0.462 e. The van der Waals surface area contributed by atoms with Crippen LogP contribution in [0.2, 0.25) is 0 Å². The van der Waals surface area contributed by atoms with E-state index in [0.29, 0.717) is 5.69 Å². The smallest absolute Gasteiger partial charge is 0.327 e. The number of sulfonamides is 1. The molecule has 1 rings (SSSR count). The van der Waals surface area contributed by atoms with Crippen LogP contribution in [0.15, 0.2) is 24.3 Å². The van der Waals surface area contributed by atoms with Crippen molar-refractivity contribution in [2.75, 3.05) is 16.6 Å². The average Bonchev–Trinajstić information content (AvgIpc) is 2.36. The molecule has 0 radical (unpaired) electrons. The zero-order chi connectivity index (χ0) is 15.3. The number of ether oxygens (including phenoxy) is 1. The Labute approximate surface area is 133 Å². The summed E-state index contributed by atoms with van der Waals surface area (Å²) >= 11 is 2.13. The standard InChI is InChI=1S/C13H18INO4S/c1-4-20(17,18)15(9-13(16)19-10(2)3)12-7-5-11(14)6-8-12/h5-8,10H,4,9H2,1-3H3. The van der Waals surface area contributed by atoms with Crippen LogP contribution in [0.25, 0.3) is 0 Å². The van der Waals surface area contributed by atoms with Gasteiger partial charge in [0.1, 0.15) is 6.54 Å². The molecule has 0 aromatic heterocycles. The van der Waals surface area contributed by atoms with Gasteiger partial charge >= 0.3 is 5.97 Å². The summed E-state index contributed by atoms with van der Waals surface area (Å²) in [4.78, 5) is 11.7. The number of esters is 1. The van der Waals surface area contributed by atoms with E-state index < -0.39 is 16.0 Å². The maximum absolute atomic E-state index is 12.1. The van der Waals surface area contributed by atoms with E-state index in [1.165, 1.54) is 0 Å². The van der Waals surface area contributed by atoms with Crippen LogP contribution in [0.5, 0.6) is 0 Å². The fourth-order valence-corrected chi connectivity index (χ4v) is 2.95. The first-order valence-electron chi connectivity index (χ1n) is 6.21. The first-order chi connectivity index (χ1) is 9.26. The second kappa shape index (κ2) is 7.26. The summed E-state index contributed by atoms with van der Waals surface area (Å²) in [7, 11) is -3.53. The predicted molar refractivity (Wildman–Crippen MR) is 87.2 cm³/mol. The van der Waals surface area contributed by atoms with E-state index in [1.54, 1.807) is 45.0 Å². The Morgan fingerprint density at radius 2 is 1.85 bits per heavy atom. The number of hydrogen-bond donors (Lipinski definition) is 0. The van der Waals surface area contributed by atoms with Crippen LogP contribution >= 0.6 is 22.6 Å². The highest BCUT2D eigenvalue weighted by molar-refractivity contribution is 14.1. The van der Waals surface area contributed by atoms with E-state index >= 15 is 0 Å². The molecule has 0 spiro atoms. The summed E-state index contributed by atoms with van der Waals surface area (Å²) in [5, 5.41) is 0. The number of hydrogen-bond acceptors (Lipinski definition) is 4. The number of halogens is 1. The maximum atomic E-state index is 12.1. The first kappa shape index (κ1) is 17.2. The van der Waals surface area contributed by atoms with Gasteiger partial charge in [-0.1, -0.05) is 0 Å². The van der Waals surface area contributed by atoms with Crippen LogP contribution < -0.4 is 4.31 Å². The molecule has 0 aliphatic carbocycles. The Kier molecular flexibility index (Phi) is 6.25. The third-order valence-corrected chi connectivity index (χ3v) is 4.92. The zero-order valence-electron chi connectivity index (χ0n) is 11.7. The molecule has 1 aromatic rings.